The summed E-state index contributed by atoms with van der Waals surface area (Å²) in [5, 5.41) is 8.43. The Morgan fingerprint density at radius 2 is 2.25 bits per heavy atom. The molecule has 0 aromatic carbocycles. The normalized spacial score (nSPS) is 13.6. The van der Waals surface area contributed by atoms with Crippen molar-refractivity contribution in [2.45, 2.75) is 12.0 Å². The van der Waals surface area contributed by atoms with Gasteiger partial charge in [0.25, 0.3) is 10.0 Å². The van der Waals surface area contributed by atoms with E-state index < -0.39 is 10.0 Å². The van der Waals surface area contributed by atoms with Crippen LogP contribution in [0.3, 0.4) is 0 Å². The summed E-state index contributed by atoms with van der Waals surface area (Å²) in [6, 6.07) is 2.48. The quantitative estimate of drug-likeness (QED) is 0.690. The standard InChI is InChI=1S/C9H13NO5S/c1-7(5-11)4-10-16(13,14)9-3-2-8(6-12)15-9/h2-3,6-7,10-11H,4-5H2,1H3. The van der Waals surface area contributed by atoms with Crippen molar-refractivity contribution in [3.8, 4) is 0 Å². The number of hydrogen-bond acceptors (Lipinski definition) is 5. The Labute approximate surface area is 93.3 Å². The third-order valence-electron chi connectivity index (χ3n) is 1.92. The van der Waals surface area contributed by atoms with E-state index in [0.29, 0.717) is 6.29 Å². The van der Waals surface area contributed by atoms with Crippen LogP contribution in [0.2, 0.25) is 0 Å². The third-order valence-corrected chi connectivity index (χ3v) is 3.21. The molecule has 7 heteroatoms. The monoisotopic (exact) mass is 247 g/mol. The number of aliphatic hydroxyl groups is 1. The van der Waals surface area contributed by atoms with E-state index in [9.17, 15) is 13.2 Å². The molecule has 0 saturated heterocycles. The van der Waals surface area contributed by atoms with Gasteiger partial charge in [0.1, 0.15) is 0 Å². The van der Waals surface area contributed by atoms with Crippen LogP contribution in [-0.2, 0) is 10.0 Å². The van der Waals surface area contributed by atoms with Crippen LogP contribution in [0.5, 0.6) is 0 Å². The number of sulfonamides is 1. The molecule has 0 aliphatic heterocycles. The summed E-state index contributed by atoms with van der Waals surface area (Å²) in [7, 11) is -3.74. The van der Waals surface area contributed by atoms with Crippen LogP contribution in [0.1, 0.15) is 17.5 Å². The van der Waals surface area contributed by atoms with Crippen LogP contribution >= 0.6 is 0 Å². The SMILES string of the molecule is CC(CO)CNS(=O)(=O)c1ccc(C=O)o1. The van der Waals surface area contributed by atoms with Crippen molar-refractivity contribution in [2.75, 3.05) is 13.2 Å². The summed E-state index contributed by atoms with van der Waals surface area (Å²) in [5.41, 5.74) is 0. The number of aliphatic hydroxyl groups excluding tert-OH is 1. The van der Waals surface area contributed by atoms with E-state index in [2.05, 4.69) is 4.72 Å². The largest absolute Gasteiger partial charge is 0.440 e. The molecule has 90 valence electrons. The molecule has 1 unspecified atom stereocenters. The number of nitrogens with one attached hydrogen (secondary N) is 1. The van der Waals surface area contributed by atoms with E-state index in [-0.39, 0.29) is 29.9 Å². The van der Waals surface area contributed by atoms with Gasteiger partial charge in [0.15, 0.2) is 12.0 Å². The van der Waals surface area contributed by atoms with Crippen molar-refractivity contribution in [2.24, 2.45) is 5.92 Å². The summed E-state index contributed by atoms with van der Waals surface area (Å²) < 4.78 is 30.2. The zero-order valence-electron chi connectivity index (χ0n) is 8.71. The molecule has 1 aromatic heterocycles. The second-order valence-electron chi connectivity index (χ2n) is 3.41. The van der Waals surface area contributed by atoms with E-state index in [1.54, 1.807) is 6.92 Å². The highest BCUT2D eigenvalue weighted by Gasteiger charge is 2.19. The average Bonchev–Trinajstić information content (AvgIpc) is 2.75. The molecule has 1 rings (SSSR count). The molecule has 1 atom stereocenters. The Bertz CT molecular complexity index is 450. The first-order valence-electron chi connectivity index (χ1n) is 4.65. The van der Waals surface area contributed by atoms with Crippen LogP contribution in [0.4, 0.5) is 0 Å². The van der Waals surface area contributed by atoms with E-state index in [1.165, 1.54) is 12.1 Å². The first-order chi connectivity index (χ1) is 7.49. The van der Waals surface area contributed by atoms with E-state index >= 15 is 0 Å². The number of furan rings is 1. The second kappa shape index (κ2) is 5.24. The van der Waals surface area contributed by atoms with Crippen molar-refractivity contribution >= 4 is 16.3 Å². The predicted octanol–water partition coefficient (Wildman–Crippen LogP) is -0.00120. The van der Waals surface area contributed by atoms with Crippen molar-refractivity contribution in [3.05, 3.63) is 17.9 Å². The number of aldehydes is 1. The Kier molecular flexibility index (Phi) is 4.22. The molecular formula is C9H13NO5S. The summed E-state index contributed by atoms with van der Waals surface area (Å²) in [4.78, 5) is 10.3. The Hall–Kier alpha value is -1.18. The molecule has 1 heterocycles. The molecule has 0 aliphatic rings. The minimum atomic E-state index is -3.74. The van der Waals surface area contributed by atoms with E-state index in [1.807, 2.05) is 0 Å². The van der Waals surface area contributed by atoms with Gasteiger partial charge in [-0.05, 0) is 18.1 Å². The molecule has 0 radical (unpaired) electrons. The van der Waals surface area contributed by atoms with Gasteiger partial charge in [0.05, 0.1) is 0 Å². The number of rotatable bonds is 6. The van der Waals surface area contributed by atoms with Crippen LogP contribution < -0.4 is 4.72 Å². The van der Waals surface area contributed by atoms with Gasteiger partial charge in [-0.1, -0.05) is 6.92 Å². The summed E-state index contributed by atoms with van der Waals surface area (Å²) in [5.74, 6) is -0.231. The van der Waals surface area contributed by atoms with Gasteiger partial charge in [-0.25, -0.2) is 13.1 Å². The van der Waals surface area contributed by atoms with Gasteiger partial charge in [-0.2, -0.15) is 0 Å². The first kappa shape index (κ1) is 12.9. The first-order valence-corrected chi connectivity index (χ1v) is 6.13. The third kappa shape index (κ3) is 3.16. The molecule has 2 N–H and O–H groups in total. The second-order valence-corrected chi connectivity index (χ2v) is 5.11. The summed E-state index contributed by atoms with van der Waals surface area (Å²) in [6.07, 6.45) is 0.426. The topological polar surface area (TPSA) is 96.6 Å². The lowest BCUT2D eigenvalue weighted by Crippen LogP contribution is -2.29. The molecule has 0 bridgehead atoms. The fourth-order valence-corrected chi connectivity index (χ4v) is 2.03. The zero-order chi connectivity index (χ0) is 12.2. The van der Waals surface area contributed by atoms with Crippen molar-refractivity contribution in [1.29, 1.82) is 0 Å². The maximum Gasteiger partial charge on any atom is 0.273 e. The minimum absolute atomic E-state index is 0.0458. The zero-order valence-corrected chi connectivity index (χ0v) is 9.53. The number of carbonyl (C=O) groups is 1. The van der Waals surface area contributed by atoms with Gasteiger partial charge < -0.3 is 9.52 Å². The molecule has 0 fully saturated rings. The van der Waals surface area contributed by atoms with Crippen LogP contribution in [0, 0.1) is 5.92 Å². The maximum atomic E-state index is 11.6. The van der Waals surface area contributed by atoms with Gasteiger partial charge in [-0.15, -0.1) is 0 Å². The lowest BCUT2D eigenvalue weighted by atomic mass is 10.2. The molecule has 0 spiro atoms. The molecule has 0 amide bonds. The molecule has 6 nitrogen and oxygen atoms in total. The lowest BCUT2D eigenvalue weighted by molar-refractivity contribution is 0.109. The summed E-state index contributed by atoms with van der Waals surface area (Å²) in [6.45, 7) is 1.69. The van der Waals surface area contributed by atoms with Gasteiger partial charge in [-0.3, -0.25) is 4.79 Å². The highest BCUT2D eigenvalue weighted by atomic mass is 32.2. The summed E-state index contributed by atoms with van der Waals surface area (Å²) >= 11 is 0. The predicted molar refractivity (Wildman–Crippen MR) is 55.5 cm³/mol. The average molecular weight is 247 g/mol. The highest BCUT2D eigenvalue weighted by Crippen LogP contribution is 2.12. The lowest BCUT2D eigenvalue weighted by Gasteiger charge is -2.08. The maximum absolute atomic E-state index is 11.6. The van der Waals surface area contributed by atoms with Gasteiger partial charge in [0, 0.05) is 13.2 Å². The minimum Gasteiger partial charge on any atom is -0.440 e. The fraction of sp³-hybridized carbons (Fsp3) is 0.444. The van der Waals surface area contributed by atoms with E-state index in [4.69, 9.17) is 9.52 Å². The molecule has 1 aromatic rings. The smallest absolute Gasteiger partial charge is 0.273 e. The van der Waals surface area contributed by atoms with Gasteiger partial charge >= 0.3 is 0 Å². The van der Waals surface area contributed by atoms with Crippen LogP contribution in [0.25, 0.3) is 0 Å². The van der Waals surface area contributed by atoms with Crippen molar-refractivity contribution < 1.29 is 22.7 Å². The molecular weight excluding hydrogens is 234 g/mol. The Balaban J connectivity index is 2.74. The molecule has 0 saturated carbocycles. The highest BCUT2D eigenvalue weighted by molar-refractivity contribution is 7.89. The Morgan fingerprint density at radius 1 is 1.56 bits per heavy atom. The van der Waals surface area contributed by atoms with Crippen molar-refractivity contribution in [3.63, 3.8) is 0 Å². The fourth-order valence-electron chi connectivity index (χ4n) is 0.930. The molecule has 0 aliphatic carbocycles. The van der Waals surface area contributed by atoms with Crippen LogP contribution in [-0.4, -0.2) is 33.0 Å². The number of carbonyl (C=O) groups excluding carboxylic acids is 1. The van der Waals surface area contributed by atoms with Crippen molar-refractivity contribution in [1.82, 2.24) is 4.72 Å². The Morgan fingerprint density at radius 3 is 2.75 bits per heavy atom. The number of hydrogen-bond donors (Lipinski definition) is 2. The van der Waals surface area contributed by atoms with E-state index in [0.717, 1.165) is 0 Å². The van der Waals surface area contributed by atoms with Gasteiger partial charge in [0.2, 0.25) is 5.09 Å². The molecule has 16 heavy (non-hydrogen) atoms. The van der Waals surface area contributed by atoms with Crippen LogP contribution in [0.15, 0.2) is 21.6 Å².